The third kappa shape index (κ3) is 5.46. The first-order valence-corrected chi connectivity index (χ1v) is 3.56. The molecule has 0 saturated carbocycles. The SMILES string of the molecule is C=CC(=O)OC.O=C1CCCO1. The third-order valence-corrected chi connectivity index (χ3v) is 1.16. The van der Waals surface area contributed by atoms with Gasteiger partial charge in [-0.3, -0.25) is 4.79 Å². The van der Waals surface area contributed by atoms with E-state index >= 15 is 0 Å². The summed E-state index contributed by atoms with van der Waals surface area (Å²) in [4.78, 5) is 19.9. The van der Waals surface area contributed by atoms with E-state index < -0.39 is 5.97 Å². The van der Waals surface area contributed by atoms with E-state index in [0.29, 0.717) is 13.0 Å². The van der Waals surface area contributed by atoms with Crippen molar-refractivity contribution in [3.8, 4) is 0 Å². The largest absolute Gasteiger partial charge is 0.466 e. The van der Waals surface area contributed by atoms with Crippen LogP contribution in [-0.2, 0) is 19.1 Å². The van der Waals surface area contributed by atoms with Crippen LogP contribution in [0.2, 0.25) is 0 Å². The van der Waals surface area contributed by atoms with Gasteiger partial charge >= 0.3 is 11.9 Å². The predicted molar refractivity (Wildman–Crippen MR) is 42.4 cm³/mol. The van der Waals surface area contributed by atoms with Crippen LogP contribution in [0.25, 0.3) is 0 Å². The Balaban J connectivity index is 0.000000202. The number of hydrogen-bond acceptors (Lipinski definition) is 4. The maximum Gasteiger partial charge on any atom is 0.329 e. The molecule has 0 aromatic carbocycles. The molecule has 0 spiro atoms. The zero-order chi connectivity index (χ0) is 9.40. The van der Waals surface area contributed by atoms with E-state index in [4.69, 9.17) is 0 Å². The number of carbonyl (C=O) groups is 2. The Morgan fingerprint density at radius 2 is 2.42 bits per heavy atom. The number of esters is 2. The van der Waals surface area contributed by atoms with E-state index in [-0.39, 0.29) is 5.97 Å². The van der Waals surface area contributed by atoms with Gasteiger partial charge in [0.15, 0.2) is 0 Å². The van der Waals surface area contributed by atoms with Crippen molar-refractivity contribution in [3.63, 3.8) is 0 Å². The van der Waals surface area contributed by atoms with Gasteiger partial charge in [-0.2, -0.15) is 0 Å². The second-order valence-electron chi connectivity index (χ2n) is 2.05. The van der Waals surface area contributed by atoms with Crippen LogP contribution in [-0.4, -0.2) is 25.7 Å². The third-order valence-electron chi connectivity index (χ3n) is 1.16. The minimum absolute atomic E-state index is 0.0463. The van der Waals surface area contributed by atoms with Crippen LogP contribution < -0.4 is 0 Å². The second kappa shape index (κ2) is 6.39. The summed E-state index contributed by atoms with van der Waals surface area (Å²) in [7, 11) is 1.31. The van der Waals surface area contributed by atoms with Gasteiger partial charge in [0.1, 0.15) is 0 Å². The van der Waals surface area contributed by atoms with Gasteiger partial charge in [-0.15, -0.1) is 0 Å². The molecule has 1 aliphatic heterocycles. The monoisotopic (exact) mass is 172 g/mol. The normalized spacial score (nSPS) is 13.9. The number of carbonyl (C=O) groups excluding carboxylic acids is 2. The van der Waals surface area contributed by atoms with Crippen molar-refractivity contribution in [2.24, 2.45) is 0 Å². The quantitative estimate of drug-likeness (QED) is 0.431. The van der Waals surface area contributed by atoms with Gasteiger partial charge in [-0.25, -0.2) is 4.79 Å². The smallest absolute Gasteiger partial charge is 0.329 e. The van der Waals surface area contributed by atoms with E-state index in [9.17, 15) is 9.59 Å². The van der Waals surface area contributed by atoms with E-state index in [2.05, 4.69) is 16.1 Å². The number of ether oxygens (including phenoxy) is 2. The molecule has 68 valence electrons. The van der Waals surface area contributed by atoms with Gasteiger partial charge in [-0.05, 0) is 6.42 Å². The molecule has 0 radical (unpaired) electrons. The number of methoxy groups -OCH3 is 1. The van der Waals surface area contributed by atoms with Crippen molar-refractivity contribution in [2.45, 2.75) is 12.8 Å². The fraction of sp³-hybridized carbons (Fsp3) is 0.500. The van der Waals surface area contributed by atoms with Crippen molar-refractivity contribution < 1.29 is 19.1 Å². The fourth-order valence-electron chi connectivity index (χ4n) is 0.558. The molecule has 1 fully saturated rings. The summed E-state index contributed by atoms with van der Waals surface area (Å²) < 4.78 is 8.66. The first kappa shape index (κ1) is 10.7. The van der Waals surface area contributed by atoms with Crippen molar-refractivity contribution in [1.82, 2.24) is 0 Å². The molecule has 0 aromatic rings. The first-order valence-electron chi connectivity index (χ1n) is 3.56. The summed E-state index contributed by atoms with van der Waals surface area (Å²) in [6, 6.07) is 0. The van der Waals surface area contributed by atoms with Gasteiger partial charge in [0, 0.05) is 12.5 Å². The minimum Gasteiger partial charge on any atom is -0.466 e. The molecule has 0 atom stereocenters. The average Bonchev–Trinajstić information content (AvgIpc) is 2.55. The summed E-state index contributed by atoms with van der Waals surface area (Å²) in [6.45, 7) is 3.79. The fourth-order valence-corrected chi connectivity index (χ4v) is 0.558. The Morgan fingerprint density at radius 1 is 1.75 bits per heavy atom. The minimum atomic E-state index is -0.394. The van der Waals surface area contributed by atoms with Crippen molar-refractivity contribution in [3.05, 3.63) is 12.7 Å². The Bertz CT molecular complexity index is 166. The molecule has 0 amide bonds. The molecule has 1 aliphatic rings. The lowest BCUT2D eigenvalue weighted by atomic mass is 10.4. The lowest BCUT2D eigenvalue weighted by Gasteiger charge is -1.83. The van der Waals surface area contributed by atoms with Crippen LogP contribution in [0.15, 0.2) is 12.7 Å². The molecule has 12 heavy (non-hydrogen) atoms. The van der Waals surface area contributed by atoms with Crippen molar-refractivity contribution >= 4 is 11.9 Å². The van der Waals surface area contributed by atoms with Crippen LogP contribution in [0.3, 0.4) is 0 Å². The zero-order valence-corrected chi connectivity index (χ0v) is 7.04. The number of hydrogen-bond donors (Lipinski definition) is 0. The van der Waals surface area contributed by atoms with E-state index in [1.807, 2.05) is 0 Å². The lowest BCUT2D eigenvalue weighted by molar-refractivity contribution is -0.138. The summed E-state index contributed by atoms with van der Waals surface area (Å²) >= 11 is 0. The summed E-state index contributed by atoms with van der Waals surface area (Å²) in [5.41, 5.74) is 0. The van der Waals surface area contributed by atoms with Gasteiger partial charge in [0.2, 0.25) is 0 Å². The Kier molecular flexibility index (Phi) is 5.69. The highest BCUT2D eigenvalue weighted by molar-refractivity contribution is 5.80. The molecule has 0 aliphatic carbocycles. The molecule has 1 rings (SSSR count). The topological polar surface area (TPSA) is 52.6 Å². The van der Waals surface area contributed by atoms with Gasteiger partial charge in [0.05, 0.1) is 13.7 Å². The summed E-state index contributed by atoms with van der Waals surface area (Å²) in [5.74, 6) is -0.440. The summed E-state index contributed by atoms with van der Waals surface area (Å²) in [6.07, 6.45) is 2.65. The molecule has 1 heterocycles. The van der Waals surface area contributed by atoms with Gasteiger partial charge in [0.25, 0.3) is 0 Å². The van der Waals surface area contributed by atoms with Crippen molar-refractivity contribution in [2.75, 3.05) is 13.7 Å². The lowest BCUT2D eigenvalue weighted by Crippen LogP contribution is -1.91. The standard InChI is InChI=1S/2C4H6O2/c5-4-2-1-3-6-4;1-3-4(5)6-2/h1-3H2;3H,1H2,2H3. The highest BCUT2D eigenvalue weighted by atomic mass is 16.5. The molecule has 4 nitrogen and oxygen atoms in total. The first-order chi connectivity index (χ1) is 5.70. The Labute approximate surface area is 71.2 Å². The Hall–Kier alpha value is -1.32. The van der Waals surface area contributed by atoms with Crippen LogP contribution in [0.5, 0.6) is 0 Å². The average molecular weight is 172 g/mol. The van der Waals surface area contributed by atoms with E-state index in [1.165, 1.54) is 7.11 Å². The molecule has 4 heteroatoms. The second-order valence-corrected chi connectivity index (χ2v) is 2.05. The summed E-state index contributed by atoms with van der Waals surface area (Å²) in [5, 5.41) is 0. The van der Waals surface area contributed by atoms with Crippen LogP contribution in [0, 0.1) is 0 Å². The number of rotatable bonds is 1. The maximum atomic E-state index is 10.0. The highest BCUT2D eigenvalue weighted by Gasteiger charge is 2.08. The van der Waals surface area contributed by atoms with Crippen LogP contribution in [0.4, 0.5) is 0 Å². The molecule has 0 N–H and O–H groups in total. The van der Waals surface area contributed by atoms with Crippen LogP contribution >= 0.6 is 0 Å². The molecule has 0 unspecified atom stereocenters. The van der Waals surface area contributed by atoms with E-state index in [1.54, 1.807) is 0 Å². The molecule has 0 aromatic heterocycles. The Morgan fingerprint density at radius 3 is 2.50 bits per heavy atom. The van der Waals surface area contributed by atoms with Crippen LogP contribution in [0.1, 0.15) is 12.8 Å². The molecule has 1 saturated heterocycles. The molecular weight excluding hydrogens is 160 g/mol. The maximum absolute atomic E-state index is 10.0. The molecular formula is C8H12O4. The highest BCUT2D eigenvalue weighted by Crippen LogP contribution is 2.01. The van der Waals surface area contributed by atoms with Gasteiger partial charge < -0.3 is 9.47 Å². The predicted octanol–water partition coefficient (Wildman–Crippen LogP) is 0.669. The van der Waals surface area contributed by atoms with Gasteiger partial charge in [-0.1, -0.05) is 6.58 Å². The molecule has 0 bridgehead atoms. The number of cyclic esters (lactones) is 1. The zero-order valence-electron chi connectivity index (χ0n) is 7.04. The van der Waals surface area contributed by atoms with Crippen molar-refractivity contribution in [1.29, 1.82) is 0 Å². The van der Waals surface area contributed by atoms with E-state index in [0.717, 1.165) is 12.5 Å².